The van der Waals surface area contributed by atoms with Crippen LogP contribution >= 0.6 is 0 Å². The van der Waals surface area contributed by atoms with E-state index in [1.807, 2.05) is 13.0 Å². The molecule has 2 unspecified atom stereocenters. The highest BCUT2D eigenvalue weighted by Gasteiger charge is 2.23. The highest BCUT2D eigenvalue weighted by atomic mass is 16.5. The Morgan fingerprint density at radius 2 is 2.50 bits per heavy atom. The molecule has 2 atom stereocenters. The Kier molecular flexibility index (Phi) is 4.14. The topological polar surface area (TPSA) is 53.3 Å². The first-order valence-corrected chi connectivity index (χ1v) is 5.26. The third-order valence-electron chi connectivity index (χ3n) is 2.65. The lowest BCUT2D eigenvalue weighted by atomic mass is 9.86. The second kappa shape index (κ2) is 5.15. The summed E-state index contributed by atoms with van der Waals surface area (Å²) in [4.78, 5) is 0. The molecule has 0 aromatic carbocycles. The summed E-state index contributed by atoms with van der Waals surface area (Å²) in [6.45, 7) is 4.35. The molecule has 1 rings (SSSR count). The number of allylic oxidation sites excluding steroid dienone is 1. The van der Waals surface area contributed by atoms with Crippen molar-refractivity contribution in [2.45, 2.75) is 39.2 Å². The van der Waals surface area contributed by atoms with Gasteiger partial charge in [-0.25, -0.2) is 0 Å². The molecule has 14 heavy (non-hydrogen) atoms. The third-order valence-corrected chi connectivity index (χ3v) is 2.65. The molecule has 0 fully saturated rings. The van der Waals surface area contributed by atoms with Crippen molar-refractivity contribution < 1.29 is 9.84 Å². The van der Waals surface area contributed by atoms with Crippen molar-refractivity contribution in [3.63, 3.8) is 0 Å². The molecule has 0 saturated carbocycles. The first kappa shape index (κ1) is 11.2. The molecule has 2 N–H and O–H groups in total. The average Bonchev–Trinajstić information content (AvgIpc) is 2.18. The molecule has 0 bridgehead atoms. The maximum Gasteiger partial charge on any atom is 0.214 e. The van der Waals surface area contributed by atoms with Gasteiger partial charge in [-0.1, -0.05) is 13.0 Å². The summed E-state index contributed by atoms with van der Waals surface area (Å²) in [6, 6.07) is 0. The highest BCUT2D eigenvalue weighted by molar-refractivity contribution is 5.80. The molecule has 0 aromatic heterocycles. The van der Waals surface area contributed by atoms with Crippen molar-refractivity contribution in [3.05, 3.63) is 11.6 Å². The Bertz CT molecular complexity index is 235. The lowest BCUT2D eigenvalue weighted by molar-refractivity contribution is 0.201. The number of nitrogens with one attached hydrogen (secondary N) is 1. The van der Waals surface area contributed by atoms with Crippen molar-refractivity contribution in [3.8, 4) is 0 Å². The monoisotopic (exact) mass is 197 g/mol. The maximum atomic E-state index is 9.83. The number of hydrogen-bond acceptors (Lipinski definition) is 3. The molecule has 0 aliphatic heterocycles. The minimum Gasteiger partial charge on any atom is -0.479 e. The van der Waals surface area contributed by atoms with Gasteiger partial charge in [0.25, 0.3) is 0 Å². The maximum absolute atomic E-state index is 9.83. The molecule has 3 nitrogen and oxygen atoms in total. The Labute approximate surface area is 85.3 Å². The fourth-order valence-electron chi connectivity index (χ4n) is 1.83. The van der Waals surface area contributed by atoms with E-state index in [2.05, 4.69) is 6.92 Å². The first-order valence-electron chi connectivity index (χ1n) is 5.26. The van der Waals surface area contributed by atoms with E-state index >= 15 is 0 Å². The molecule has 0 spiro atoms. The highest BCUT2D eigenvalue weighted by Crippen LogP contribution is 2.27. The molecule has 0 amide bonds. The summed E-state index contributed by atoms with van der Waals surface area (Å²) < 4.78 is 5.00. The van der Waals surface area contributed by atoms with E-state index in [0.29, 0.717) is 12.5 Å². The normalized spacial score (nSPS) is 23.9. The smallest absolute Gasteiger partial charge is 0.214 e. The summed E-state index contributed by atoms with van der Waals surface area (Å²) in [6.07, 6.45) is 4.51. The van der Waals surface area contributed by atoms with Crippen molar-refractivity contribution in [2.75, 3.05) is 6.61 Å². The summed E-state index contributed by atoms with van der Waals surface area (Å²) in [5.74, 6) is 0.354. The van der Waals surface area contributed by atoms with E-state index in [-0.39, 0.29) is 5.90 Å². The molecular weight excluding hydrogens is 178 g/mol. The third kappa shape index (κ3) is 2.58. The largest absolute Gasteiger partial charge is 0.479 e. The minimum atomic E-state index is -0.828. The number of rotatable bonds is 3. The summed E-state index contributed by atoms with van der Waals surface area (Å²) in [5.41, 5.74) is 0.953. The van der Waals surface area contributed by atoms with Gasteiger partial charge in [-0.05, 0) is 37.7 Å². The number of aliphatic hydroxyl groups is 1. The molecule has 0 saturated heterocycles. The summed E-state index contributed by atoms with van der Waals surface area (Å²) in [7, 11) is 0. The molecule has 80 valence electrons. The molecular formula is C11H19NO2. The van der Waals surface area contributed by atoms with Crippen molar-refractivity contribution >= 4 is 5.90 Å². The zero-order chi connectivity index (χ0) is 10.6. The van der Waals surface area contributed by atoms with E-state index in [0.717, 1.165) is 18.4 Å². The van der Waals surface area contributed by atoms with Crippen molar-refractivity contribution in [1.29, 1.82) is 5.41 Å². The van der Waals surface area contributed by atoms with E-state index in [4.69, 9.17) is 10.1 Å². The van der Waals surface area contributed by atoms with Crippen molar-refractivity contribution in [2.24, 2.45) is 5.92 Å². The molecule has 1 aliphatic rings. The van der Waals surface area contributed by atoms with Crippen LogP contribution in [-0.4, -0.2) is 23.7 Å². The van der Waals surface area contributed by atoms with Gasteiger partial charge in [0.1, 0.15) is 0 Å². The zero-order valence-electron chi connectivity index (χ0n) is 8.92. The number of aliphatic hydroxyl groups excluding tert-OH is 1. The zero-order valence-corrected chi connectivity index (χ0v) is 8.92. The predicted molar refractivity (Wildman–Crippen MR) is 56.5 cm³/mol. The van der Waals surface area contributed by atoms with E-state index in [1.54, 1.807) is 0 Å². The Morgan fingerprint density at radius 3 is 3.07 bits per heavy atom. The second-order valence-corrected chi connectivity index (χ2v) is 3.74. The SMILES string of the molecule is CCOC(=N)C(O)C1=CCCCC1C. The van der Waals surface area contributed by atoms with Crippen LogP contribution in [0.4, 0.5) is 0 Å². The lowest BCUT2D eigenvalue weighted by Crippen LogP contribution is -2.28. The van der Waals surface area contributed by atoms with Gasteiger partial charge in [-0.15, -0.1) is 0 Å². The van der Waals surface area contributed by atoms with Crippen LogP contribution in [0.3, 0.4) is 0 Å². The van der Waals surface area contributed by atoms with Crippen LogP contribution in [0.2, 0.25) is 0 Å². The Morgan fingerprint density at radius 1 is 1.79 bits per heavy atom. The molecule has 1 aliphatic carbocycles. The number of hydrogen-bond donors (Lipinski definition) is 2. The molecule has 0 aromatic rings. The van der Waals surface area contributed by atoms with E-state index in [1.165, 1.54) is 6.42 Å². The number of ether oxygens (including phenoxy) is 1. The Balaban J connectivity index is 2.62. The van der Waals surface area contributed by atoms with Crippen LogP contribution in [0, 0.1) is 11.3 Å². The predicted octanol–water partition coefficient (Wildman–Crippen LogP) is 2.11. The fraction of sp³-hybridized carbons (Fsp3) is 0.727. The van der Waals surface area contributed by atoms with Crippen LogP contribution in [0.15, 0.2) is 11.6 Å². The van der Waals surface area contributed by atoms with Crippen LogP contribution in [0.5, 0.6) is 0 Å². The second-order valence-electron chi connectivity index (χ2n) is 3.74. The summed E-state index contributed by atoms with van der Waals surface area (Å²) in [5, 5.41) is 17.3. The fourth-order valence-corrected chi connectivity index (χ4v) is 1.83. The average molecular weight is 197 g/mol. The van der Waals surface area contributed by atoms with Gasteiger partial charge >= 0.3 is 0 Å². The minimum absolute atomic E-state index is 0.0208. The quantitative estimate of drug-likeness (QED) is 0.413. The van der Waals surface area contributed by atoms with Crippen LogP contribution in [0.1, 0.15) is 33.1 Å². The van der Waals surface area contributed by atoms with Crippen LogP contribution in [0.25, 0.3) is 0 Å². The first-order chi connectivity index (χ1) is 6.66. The van der Waals surface area contributed by atoms with Gasteiger partial charge in [0.15, 0.2) is 6.10 Å². The lowest BCUT2D eigenvalue weighted by Gasteiger charge is -2.24. The van der Waals surface area contributed by atoms with Crippen molar-refractivity contribution in [1.82, 2.24) is 0 Å². The summed E-state index contributed by atoms with van der Waals surface area (Å²) >= 11 is 0. The Hall–Kier alpha value is -0.830. The molecule has 0 heterocycles. The van der Waals surface area contributed by atoms with Gasteiger partial charge in [0, 0.05) is 0 Å². The van der Waals surface area contributed by atoms with Gasteiger partial charge in [0.05, 0.1) is 6.61 Å². The van der Waals surface area contributed by atoms with E-state index in [9.17, 15) is 5.11 Å². The van der Waals surface area contributed by atoms with Gasteiger partial charge in [-0.2, -0.15) is 0 Å². The van der Waals surface area contributed by atoms with Gasteiger partial charge < -0.3 is 9.84 Å². The van der Waals surface area contributed by atoms with E-state index < -0.39 is 6.10 Å². The van der Waals surface area contributed by atoms with Gasteiger partial charge in [-0.3, -0.25) is 5.41 Å². The molecule has 0 radical (unpaired) electrons. The van der Waals surface area contributed by atoms with Crippen LogP contribution in [-0.2, 0) is 4.74 Å². The van der Waals surface area contributed by atoms with Crippen LogP contribution < -0.4 is 0 Å². The molecule has 3 heteroatoms. The standard InChI is InChI=1S/C11H19NO2/c1-3-14-11(12)10(13)9-7-5-4-6-8(9)2/h7-8,10,12-13H,3-6H2,1-2H3. The van der Waals surface area contributed by atoms with Gasteiger partial charge in [0.2, 0.25) is 5.90 Å².